The van der Waals surface area contributed by atoms with Crippen molar-refractivity contribution in [3.63, 3.8) is 0 Å². The van der Waals surface area contributed by atoms with Crippen LogP contribution in [0.2, 0.25) is 0 Å². The highest BCUT2D eigenvalue weighted by atomic mass is 32.2. The molecular weight excluding hydrogens is 645 g/mol. The van der Waals surface area contributed by atoms with E-state index in [1.54, 1.807) is 11.8 Å². The van der Waals surface area contributed by atoms with Gasteiger partial charge in [-0.1, -0.05) is 103 Å². The molecule has 0 aliphatic carbocycles. The fourth-order valence-corrected chi connectivity index (χ4v) is 6.52. The molecule has 0 aromatic rings. The number of ether oxygens (including phenoxy) is 2. The van der Waals surface area contributed by atoms with Crippen molar-refractivity contribution >= 4 is 29.6 Å². The van der Waals surface area contributed by atoms with E-state index in [0.717, 1.165) is 116 Å². The third-order valence-corrected chi connectivity index (χ3v) is 9.93. The Morgan fingerprint density at radius 3 is 1.42 bits per heavy atom. The Kier molecular flexibility index (Phi) is 37.0. The lowest BCUT2D eigenvalue weighted by molar-refractivity contribution is -0.144. The Balaban J connectivity index is 4.24. The third kappa shape index (κ3) is 33.3. The summed E-state index contributed by atoms with van der Waals surface area (Å²) >= 11 is 1.74. The summed E-state index contributed by atoms with van der Waals surface area (Å²) in [4.78, 5) is 41.6. The van der Waals surface area contributed by atoms with Gasteiger partial charge in [0.15, 0.2) is 0 Å². The van der Waals surface area contributed by atoms with E-state index >= 15 is 0 Å². The molecule has 0 aliphatic heterocycles. The van der Waals surface area contributed by atoms with E-state index in [1.807, 2.05) is 0 Å². The Hall–Kier alpha value is -1.80. The number of thioether (sulfide) groups is 1. The van der Waals surface area contributed by atoms with Crippen LogP contribution in [0.5, 0.6) is 0 Å². The molecule has 0 aromatic heterocycles. The number of rotatable bonds is 37. The normalized spacial score (nSPS) is 11.6. The lowest BCUT2D eigenvalue weighted by Crippen LogP contribution is -2.34. The van der Waals surface area contributed by atoms with Crippen molar-refractivity contribution in [3.05, 3.63) is 24.3 Å². The van der Waals surface area contributed by atoms with E-state index in [2.05, 4.69) is 61.8 Å². The second-order valence-electron chi connectivity index (χ2n) is 13.4. The summed E-state index contributed by atoms with van der Waals surface area (Å²) in [6.45, 7) is 14.4. The van der Waals surface area contributed by atoms with E-state index < -0.39 is 0 Å². The monoisotopic (exact) mass is 723 g/mol. The number of carbonyl (C=O) groups excluding carboxylic acids is 3. The van der Waals surface area contributed by atoms with Crippen LogP contribution in [0.3, 0.4) is 0 Å². The van der Waals surface area contributed by atoms with Crippen molar-refractivity contribution in [3.8, 4) is 0 Å². The third-order valence-electron chi connectivity index (χ3n) is 9.01. The molecule has 0 N–H and O–H groups in total. The van der Waals surface area contributed by atoms with E-state index in [1.165, 1.54) is 51.4 Å². The second kappa shape index (κ2) is 38.4. The Labute approximate surface area is 313 Å². The summed E-state index contributed by atoms with van der Waals surface area (Å²) in [5.74, 6) is 1.54. The first-order chi connectivity index (χ1) is 24.5. The summed E-state index contributed by atoms with van der Waals surface area (Å²) in [5.41, 5.74) is 0. The Morgan fingerprint density at radius 2 is 0.960 bits per heavy atom. The zero-order valence-electron chi connectivity index (χ0n) is 33.1. The first-order valence-electron chi connectivity index (χ1n) is 20.7. The molecule has 0 unspecified atom stereocenters. The minimum absolute atomic E-state index is 0.106. The van der Waals surface area contributed by atoms with E-state index in [0.29, 0.717) is 31.8 Å². The second-order valence-corrected chi connectivity index (χ2v) is 14.6. The average Bonchev–Trinajstić information content (AvgIpc) is 3.12. The first-order valence-corrected chi connectivity index (χ1v) is 21.8. The Morgan fingerprint density at radius 1 is 0.520 bits per heavy atom. The van der Waals surface area contributed by atoms with Crippen molar-refractivity contribution in [1.82, 2.24) is 9.80 Å². The predicted molar refractivity (Wildman–Crippen MR) is 215 cm³/mol. The standard InChI is InChI=1S/C42H78N2O5S/c1-5-9-11-13-15-17-19-25-31-41(46)48-36-29-23-21-27-33-44(40(45)39-50-38-35-43(7-3)8-4)34-28-22-24-30-37-49-42(47)32-26-20-18-16-14-12-10-6-2/h17-20H,5-16,21-39H2,1-4H3. The zero-order valence-corrected chi connectivity index (χ0v) is 33.9. The molecule has 0 radical (unpaired) electrons. The molecule has 0 aromatic carbocycles. The van der Waals surface area contributed by atoms with Crippen LogP contribution >= 0.6 is 11.8 Å². The quantitative estimate of drug-likeness (QED) is 0.0359. The lowest BCUT2D eigenvalue weighted by Gasteiger charge is -2.23. The molecule has 292 valence electrons. The number of unbranched alkanes of at least 4 members (excludes halogenated alkanes) is 14. The van der Waals surface area contributed by atoms with Crippen molar-refractivity contribution in [1.29, 1.82) is 0 Å². The maximum absolute atomic E-state index is 13.1. The van der Waals surface area contributed by atoms with Crippen LogP contribution in [0.25, 0.3) is 0 Å². The number of allylic oxidation sites excluding steroid dienone is 4. The highest BCUT2D eigenvalue weighted by Gasteiger charge is 2.13. The van der Waals surface area contributed by atoms with Gasteiger partial charge in [0.25, 0.3) is 0 Å². The van der Waals surface area contributed by atoms with Gasteiger partial charge in [0.2, 0.25) is 5.91 Å². The van der Waals surface area contributed by atoms with E-state index in [-0.39, 0.29) is 17.8 Å². The van der Waals surface area contributed by atoms with Crippen LogP contribution in [0, 0.1) is 0 Å². The van der Waals surface area contributed by atoms with Crippen LogP contribution in [-0.4, -0.2) is 85.1 Å². The highest BCUT2D eigenvalue weighted by molar-refractivity contribution is 7.99. The minimum atomic E-state index is -0.106. The smallest absolute Gasteiger partial charge is 0.306 e. The van der Waals surface area contributed by atoms with Gasteiger partial charge in [0.1, 0.15) is 0 Å². The fraction of sp³-hybridized carbons (Fsp3) is 0.833. The fourth-order valence-electron chi connectivity index (χ4n) is 5.63. The summed E-state index contributed by atoms with van der Waals surface area (Å²) in [7, 11) is 0. The maximum atomic E-state index is 13.1. The number of hydrogen-bond acceptors (Lipinski definition) is 7. The van der Waals surface area contributed by atoms with Gasteiger partial charge >= 0.3 is 11.9 Å². The SMILES string of the molecule is CCCCCCC=CCCC(=O)OCCCCCCN(CCCCCCOC(=O)CCC=CCCCCCC)C(=O)CSCCN(CC)CC. The maximum Gasteiger partial charge on any atom is 0.306 e. The molecule has 8 heteroatoms. The van der Waals surface area contributed by atoms with Gasteiger partial charge in [0.05, 0.1) is 19.0 Å². The van der Waals surface area contributed by atoms with Gasteiger partial charge in [-0.2, -0.15) is 11.8 Å². The molecule has 0 fully saturated rings. The zero-order chi connectivity index (χ0) is 36.8. The van der Waals surface area contributed by atoms with Gasteiger partial charge in [-0.05, 0) is 90.1 Å². The van der Waals surface area contributed by atoms with Crippen LogP contribution in [0.4, 0.5) is 0 Å². The van der Waals surface area contributed by atoms with Crippen LogP contribution in [-0.2, 0) is 23.9 Å². The summed E-state index contributed by atoms with van der Waals surface area (Å²) in [6, 6.07) is 0. The first kappa shape index (κ1) is 48.2. The number of esters is 2. The Bertz CT molecular complexity index is 794. The highest BCUT2D eigenvalue weighted by Crippen LogP contribution is 2.11. The van der Waals surface area contributed by atoms with Gasteiger partial charge in [-0.15, -0.1) is 0 Å². The van der Waals surface area contributed by atoms with Gasteiger partial charge in [-0.3, -0.25) is 14.4 Å². The lowest BCUT2D eigenvalue weighted by atomic mass is 10.1. The van der Waals surface area contributed by atoms with Crippen molar-refractivity contribution in [2.45, 2.75) is 169 Å². The summed E-state index contributed by atoms with van der Waals surface area (Å²) < 4.78 is 10.9. The number of hydrogen-bond donors (Lipinski definition) is 0. The molecule has 0 spiro atoms. The van der Waals surface area contributed by atoms with Crippen molar-refractivity contribution in [2.24, 2.45) is 0 Å². The van der Waals surface area contributed by atoms with E-state index in [4.69, 9.17) is 9.47 Å². The topological polar surface area (TPSA) is 76.1 Å². The van der Waals surface area contributed by atoms with E-state index in [9.17, 15) is 14.4 Å². The molecule has 7 nitrogen and oxygen atoms in total. The van der Waals surface area contributed by atoms with Gasteiger partial charge in [0, 0.05) is 38.2 Å². The molecule has 1 amide bonds. The largest absolute Gasteiger partial charge is 0.466 e. The molecule has 0 bridgehead atoms. The molecule has 50 heavy (non-hydrogen) atoms. The number of carbonyl (C=O) groups is 3. The van der Waals surface area contributed by atoms with Gasteiger partial charge in [-0.25, -0.2) is 0 Å². The molecule has 0 rings (SSSR count). The predicted octanol–water partition coefficient (Wildman–Crippen LogP) is 10.7. The number of amides is 1. The molecule has 0 saturated heterocycles. The van der Waals surface area contributed by atoms with Crippen LogP contribution in [0.1, 0.15) is 169 Å². The number of nitrogens with zero attached hydrogens (tertiary/aromatic N) is 2. The van der Waals surface area contributed by atoms with Crippen LogP contribution in [0.15, 0.2) is 24.3 Å². The van der Waals surface area contributed by atoms with Crippen molar-refractivity contribution < 1.29 is 23.9 Å². The molecule has 0 aliphatic rings. The molecular formula is C42H78N2O5S. The minimum Gasteiger partial charge on any atom is -0.466 e. The summed E-state index contributed by atoms with van der Waals surface area (Å²) in [5, 5.41) is 0. The average molecular weight is 723 g/mol. The summed E-state index contributed by atoms with van der Waals surface area (Å²) in [6.07, 6.45) is 31.1. The molecule has 0 atom stereocenters. The molecule has 0 heterocycles. The molecule has 0 saturated carbocycles. The van der Waals surface area contributed by atoms with Crippen molar-refractivity contribution in [2.75, 3.05) is 57.4 Å². The van der Waals surface area contributed by atoms with Crippen LogP contribution < -0.4 is 0 Å². The van der Waals surface area contributed by atoms with Gasteiger partial charge < -0.3 is 19.3 Å².